The molecule has 2 fully saturated rings. The highest BCUT2D eigenvalue weighted by Gasteiger charge is 2.20. The molecule has 30 heavy (non-hydrogen) atoms. The molecule has 1 saturated heterocycles. The summed E-state index contributed by atoms with van der Waals surface area (Å²) in [7, 11) is 0. The van der Waals surface area contributed by atoms with Crippen LogP contribution in [-0.2, 0) is 6.42 Å². The minimum absolute atomic E-state index is 0.179. The Bertz CT molecular complexity index is 1040. The van der Waals surface area contributed by atoms with Gasteiger partial charge in [0.2, 0.25) is 0 Å². The van der Waals surface area contributed by atoms with Gasteiger partial charge in [0.1, 0.15) is 11.9 Å². The molecule has 3 N–H and O–H groups in total. The zero-order valence-corrected chi connectivity index (χ0v) is 17.3. The number of hydrogen-bond acceptors (Lipinski definition) is 8. The average Bonchev–Trinajstić information content (AvgIpc) is 3.40. The molecular formula is C21H28N8O. The lowest BCUT2D eigenvalue weighted by Gasteiger charge is -2.29. The van der Waals surface area contributed by atoms with Gasteiger partial charge in [-0.2, -0.15) is 4.98 Å². The molecule has 1 saturated carbocycles. The molecule has 3 aromatic heterocycles. The van der Waals surface area contributed by atoms with Crippen LogP contribution in [0.2, 0.25) is 0 Å². The Morgan fingerprint density at radius 2 is 1.97 bits per heavy atom. The van der Waals surface area contributed by atoms with Crippen molar-refractivity contribution in [2.45, 2.75) is 45.1 Å². The number of nitrogen functional groups attached to an aromatic ring is 1. The summed E-state index contributed by atoms with van der Waals surface area (Å²) in [6.45, 7) is 6.09. The molecule has 1 aliphatic heterocycles. The van der Waals surface area contributed by atoms with Crippen molar-refractivity contribution in [3.05, 3.63) is 35.3 Å². The molecule has 0 bridgehead atoms. The van der Waals surface area contributed by atoms with Crippen molar-refractivity contribution in [3.63, 3.8) is 0 Å². The Morgan fingerprint density at radius 1 is 1.17 bits per heavy atom. The van der Waals surface area contributed by atoms with Crippen LogP contribution in [0.1, 0.15) is 42.5 Å². The number of nitrogens with zero attached hydrogens (tertiary/aromatic N) is 6. The van der Waals surface area contributed by atoms with Crippen LogP contribution in [0, 0.1) is 6.92 Å². The second-order valence-electron chi connectivity index (χ2n) is 8.19. The topological polar surface area (TPSA) is 106 Å². The number of rotatable bonds is 5. The van der Waals surface area contributed by atoms with Crippen LogP contribution in [0.3, 0.4) is 0 Å². The Morgan fingerprint density at radius 3 is 2.73 bits per heavy atom. The largest absolute Gasteiger partial charge is 0.459 e. The van der Waals surface area contributed by atoms with E-state index in [1.807, 2.05) is 6.20 Å². The number of aromatic nitrogens is 5. The van der Waals surface area contributed by atoms with E-state index in [4.69, 9.17) is 15.5 Å². The fourth-order valence-corrected chi connectivity index (χ4v) is 4.39. The molecule has 158 valence electrons. The molecule has 0 atom stereocenters. The highest BCUT2D eigenvalue weighted by molar-refractivity contribution is 5.60. The SMILES string of the molecule is Cc1cc(Cc2cnc3c(N)nc(OC4CCCC4)nn23)cnc1N1CCNCC1. The maximum Gasteiger partial charge on any atom is 0.336 e. The number of piperazine rings is 1. The van der Waals surface area contributed by atoms with Crippen molar-refractivity contribution in [2.75, 3.05) is 36.8 Å². The van der Waals surface area contributed by atoms with Crippen LogP contribution in [0.25, 0.3) is 5.65 Å². The summed E-state index contributed by atoms with van der Waals surface area (Å²) in [6.07, 6.45) is 9.06. The fraction of sp³-hybridized carbons (Fsp3) is 0.524. The molecule has 0 spiro atoms. The molecule has 0 aromatic carbocycles. The zero-order valence-electron chi connectivity index (χ0n) is 17.3. The lowest BCUT2D eigenvalue weighted by molar-refractivity contribution is 0.189. The van der Waals surface area contributed by atoms with Crippen LogP contribution >= 0.6 is 0 Å². The van der Waals surface area contributed by atoms with E-state index in [0.29, 0.717) is 23.9 Å². The minimum atomic E-state index is 0.179. The lowest BCUT2D eigenvalue weighted by Crippen LogP contribution is -2.44. The summed E-state index contributed by atoms with van der Waals surface area (Å²) in [5.41, 5.74) is 9.92. The Balaban J connectivity index is 1.39. The molecular weight excluding hydrogens is 380 g/mol. The molecule has 3 aromatic rings. The first kappa shape index (κ1) is 19.0. The van der Waals surface area contributed by atoms with Gasteiger partial charge in [0, 0.05) is 38.8 Å². The van der Waals surface area contributed by atoms with Gasteiger partial charge in [0.05, 0.1) is 11.9 Å². The van der Waals surface area contributed by atoms with Crippen LogP contribution in [-0.4, -0.2) is 56.8 Å². The fourth-order valence-electron chi connectivity index (χ4n) is 4.39. The normalized spacial score (nSPS) is 17.7. The molecule has 0 unspecified atom stereocenters. The van der Waals surface area contributed by atoms with E-state index in [9.17, 15) is 0 Å². The van der Waals surface area contributed by atoms with Gasteiger partial charge >= 0.3 is 6.01 Å². The molecule has 0 radical (unpaired) electrons. The van der Waals surface area contributed by atoms with E-state index in [1.54, 1.807) is 10.7 Å². The number of aryl methyl sites for hydroxylation is 1. The summed E-state index contributed by atoms with van der Waals surface area (Å²) in [5.74, 6) is 1.41. The third-order valence-electron chi connectivity index (χ3n) is 5.92. The summed E-state index contributed by atoms with van der Waals surface area (Å²) >= 11 is 0. The molecule has 1 aliphatic carbocycles. The van der Waals surface area contributed by atoms with Crippen molar-refractivity contribution in [2.24, 2.45) is 0 Å². The number of hydrogen-bond donors (Lipinski definition) is 2. The monoisotopic (exact) mass is 408 g/mol. The van der Waals surface area contributed by atoms with Crippen LogP contribution < -0.4 is 20.7 Å². The molecule has 0 amide bonds. The summed E-state index contributed by atoms with van der Waals surface area (Å²) in [6, 6.07) is 2.53. The maximum atomic E-state index is 6.13. The van der Waals surface area contributed by atoms with Gasteiger partial charge in [0.25, 0.3) is 0 Å². The number of nitrogens with one attached hydrogen (secondary N) is 1. The van der Waals surface area contributed by atoms with Gasteiger partial charge in [-0.25, -0.2) is 14.5 Å². The van der Waals surface area contributed by atoms with Crippen LogP contribution in [0.5, 0.6) is 6.01 Å². The number of nitrogens with two attached hydrogens (primary N) is 1. The zero-order chi connectivity index (χ0) is 20.5. The van der Waals surface area contributed by atoms with E-state index in [0.717, 1.165) is 56.1 Å². The minimum Gasteiger partial charge on any atom is -0.459 e. The Kier molecular flexibility index (Phi) is 5.12. The number of fused-ring (bicyclic) bond motifs is 1. The molecule has 2 aliphatic rings. The molecule has 9 heteroatoms. The third kappa shape index (κ3) is 3.77. The van der Waals surface area contributed by atoms with Gasteiger partial charge in [-0.05, 0) is 43.7 Å². The molecule has 5 rings (SSSR count). The predicted octanol–water partition coefficient (Wildman–Crippen LogP) is 1.73. The summed E-state index contributed by atoms with van der Waals surface area (Å²) in [4.78, 5) is 15.8. The highest BCUT2D eigenvalue weighted by atomic mass is 16.5. The Labute approximate surface area is 175 Å². The first-order valence-corrected chi connectivity index (χ1v) is 10.8. The van der Waals surface area contributed by atoms with Crippen LogP contribution in [0.15, 0.2) is 18.5 Å². The molecule has 9 nitrogen and oxygen atoms in total. The standard InChI is InChI=1S/C21H28N8O/c1-14-10-15(12-24-19(14)28-8-6-23-7-9-28)11-16-13-25-20-18(22)26-21(27-29(16)20)30-17-4-2-3-5-17/h10,12-13,17,23H,2-9,11H2,1H3,(H2,22,26,27). The van der Waals surface area contributed by atoms with Crippen molar-refractivity contribution in [1.82, 2.24) is 29.9 Å². The Hall–Kier alpha value is -2.94. The smallest absolute Gasteiger partial charge is 0.336 e. The van der Waals surface area contributed by atoms with Gasteiger partial charge in [0.15, 0.2) is 11.5 Å². The van der Waals surface area contributed by atoms with E-state index < -0.39 is 0 Å². The number of pyridine rings is 1. The number of anilines is 2. The van der Waals surface area contributed by atoms with E-state index in [-0.39, 0.29) is 6.10 Å². The van der Waals surface area contributed by atoms with Crippen molar-refractivity contribution >= 4 is 17.3 Å². The van der Waals surface area contributed by atoms with E-state index in [1.165, 1.54) is 18.4 Å². The average molecular weight is 409 g/mol. The second-order valence-corrected chi connectivity index (χ2v) is 8.19. The van der Waals surface area contributed by atoms with Crippen molar-refractivity contribution in [1.29, 1.82) is 0 Å². The summed E-state index contributed by atoms with van der Waals surface area (Å²) in [5, 5.41) is 7.96. The van der Waals surface area contributed by atoms with Crippen LogP contribution in [0.4, 0.5) is 11.6 Å². The predicted molar refractivity (Wildman–Crippen MR) is 115 cm³/mol. The maximum absolute atomic E-state index is 6.13. The second kappa shape index (κ2) is 8.06. The highest BCUT2D eigenvalue weighted by Crippen LogP contribution is 2.24. The van der Waals surface area contributed by atoms with Gasteiger partial charge in [-0.1, -0.05) is 6.07 Å². The summed E-state index contributed by atoms with van der Waals surface area (Å²) < 4.78 is 7.72. The first-order valence-electron chi connectivity index (χ1n) is 10.8. The van der Waals surface area contributed by atoms with E-state index in [2.05, 4.69) is 38.3 Å². The van der Waals surface area contributed by atoms with Gasteiger partial charge in [-0.3, -0.25) is 0 Å². The third-order valence-corrected chi connectivity index (χ3v) is 5.92. The quantitative estimate of drug-likeness (QED) is 0.657. The number of imidazole rings is 1. The first-order chi connectivity index (χ1) is 14.7. The van der Waals surface area contributed by atoms with E-state index >= 15 is 0 Å². The lowest BCUT2D eigenvalue weighted by atomic mass is 10.1. The van der Waals surface area contributed by atoms with Gasteiger partial charge in [-0.15, -0.1) is 5.10 Å². The van der Waals surface area contributed by atoms with Crippen molar-refractivity contribution in [3.8, 4) is 6.01 Å². The number of ether oxygens (including phenoxy) is 1. The molecule has 4 heterocycles. The van der Waals surface area contributed by atoms with Crippen molar-refractivity contribution < 1.29 is 4.74 Å². The van der Waals surface area contributed by atoms with Gasteiger partial charge < -0.3 is 20.7 Å².